The van der Waals surface area contributed by atoms with E-state index in [4.69, 9.17) is 9.47 Å². The molecule has 9 heteroatoms. The molecule has 2 saturated heterocycles. The summed E-state index contributed by atoms with van der Waals surface area (Å²) in [5, 5.41) is 33.0. The fourth-order valence-corrected chi connectivity index (χ4v) is 23.5. The predicted octanol–water partition coefficient (Wildman–Crippen LogP) is 11.0. The summed E-state index contributed by atoms with van der Waals surface area (Å²) in [5.74, 6) is 3.63. The minimum absolute atomic E-state index is 0. The van der Waals surface area contributed by atoms with Crippen molar-refractivity contribution in [2.45, 2.75) is 273 Å². The molecule has 0 aromatic rings. The summed E-state index contributed by atoms with van der Waals surface area (Å²) < 4.78 is 13.3. The van der Waals surface area contributed by atoms with E-state index in [2.05, 4.69) is 69.2 Å². The molecule has 2 heterocycles. The van der Waals surface area contributed by atoms with Crippen molar-refractivity contribution in [3.8, 4) is 0 Å². The van der Waals surface area contributed by atoms with Gasteiger partial charge in [0.2, 0.25) is 0 Å². The van der Waals surface area contributed by atoms with Crippen LogP contribution in [0, 0.1) is 89.7 Å². The van der Waals surface area contributed by atoms with Gasteiger partial charge >= 0.3 is 25.8 Å². The van der Waals surface area contributed by atoms with Gasteiger partial charge in [-0.2, -0.15) is 0 Å². The standard InChI is InChI=1S/C30H48O4.C30H46O4.CH4.In.3H/c2*1-24(2)19-8-9-20-27(6)16-18(31)23(28(7)12-11-22(34-28)25(3,4)33)26(27,5)14-15-30(20)17-29(19,30)13-10-21(24)32;;;;;/h18-20,22-23,31,33H,8-17H2,1-7H3;19-20,22-23,33H,8-17H2,1-7H3;1H4;;;;/t18-,19?,20?,22+,23?,26+,27-,28-,29+,30-;19?,20?,22-,23?,26-,27+,28+,29-,30+;;;;;/m01...../s1. The number of aliphatic hydroxyl groups excluding tert-OH is 1. The molecular formula is C61H101InO8. The molecule has 8 nitrogen and oxygen atoms in total. The fraction of sp³-hybridized carbons (Fsp3) is 0.951. The Bertz CT molecular complexity index is 2190. The van der Waals surface area contributed by atoms with Crippen LogP contribution in [0.2, 0.25) is 0 Å². The first kappa shape index (κ1) is 54.5. The number of hydrogen-bond acceptors (Lipinski definition) is 8. The van der Waals surface area contributed by atoms with Gasteiger partial charge in [0, 0.05) is 36.0 Å². The number of Topliss-reactive ketones (excluding diaryl/α,β-unsaturated/α-hetero) is 3. The van der Waals surface area contributed by atoms with E-state index in [1.54, 1.807) is 0 Å². The third-order valence-corrected chi connectivity index (χ3v) is 26.9. The molecule has 0 bridgehead atoms. The number of fused-ring (bicyclic) bond motifs is 4. The summed E-state index contributed by atoms with van der Waals surface area (Å²) in [5.41, 5.74) is -1.54. The second kappa shape index (κ2) is 15.7. The Morgan fingerprint density at radius 3 is 1.36 bits per heavy atom. The van der Waals surface area contributed by atoms with E-state index in [-0.39, 0.29) is 95.9 Å². The van der Waals surface area contributed by atoms with Crippen molar-refractivity contribution < 1.29 is 39.2 Å². The molecule has 12 rings (SSSR count). The zero-order valence-corrected chi connectivity index (χ0v) is 45.2. The Hall–Kier alpha value is -0.320. The second-order valence-corrected chi connectivity index (χ2v) is 30.9. The monoisotopic (exact) mass is 1080 g/mol. The molecular weight excluding hydrogens is 975 g/mol. The number of carbonyl (C=O) groups is 3. The summed E-state index contributed by atoms with van der Waals surface area (Å²) in [6, 6.07) is 0. The molecule has 4 spiro atoms. The quantitative estimate of drug-likeness (QED) is 0.254. The molecule has 0 aromatic carbocycles. The molecule has 12 fully saturated rings. The zero-order chi connectivity index (χ0) is 49.5. The van der Waals surface area contributed by atoms with Crippen LogP contribution in [0.1, 0.15) is 233 Å². The zero-order valence-electron chi connectivity index (χ0n) is 45.2. The molecule has 10 aliphatic carbocycles. The van der Waals surface area contributed by atoms with Gasteiger partial charge < -0.3 is 24.8 Å². The number of hydrogen-bond donors (Lipinski definition) is 3. The van der Waals surface area contributed by atoms with E-state index in [0.29, 0.717) is 69.1 Å². The summed E-state index contributed by atoms with van der Waals surface area (Å²) >= 11 is 0. The van der Waals surface area contributed by atoms with Gasteiger partial charge in [-0.1, -0.05) is 62.8 Å². The van der Waals surface area contributed by atoms with Gasteiger partial charge in [0.05, 0.1) is 46.6 Å². The number of ketones is 3. The normalized spacial score (nSPS) is 55.3. The molecule has 70 heavy (non-hydrogen) atoms. The molecule has 3 N–H and O–H groups in total. The molecule has 6 unspecified atom stereocenters. The van der Waals surface area contributed by atoms with E-state index < -0.39 is 22.4 Å². The number of rotatable bonds is 4. The van der Waals surface area contributed by atoms with Gasteiger partial charge in [0.15, 0.2) is 0 Å². The van der Waals surface area contributed by atoms with Gasteiger partial charge in [0.1, 0.15) is 17.3 Å². The van der Waals surface area contributed by atoms with Gasteiger partial charge in [-0.3, -0.25) is 14.4 Å². The van der Waals surface area contributed by atoms with Crippen LogP contribution in [0.3, 0.4) is 0 Å². The molecule has 2 aliphatic heterocycles. The van der Waals surface area contributed by atoms with Crippen LogP contribution in [0.5, 0.6) is 0 Å². The summed E-state index contributed by atoms with van der Waals surface area (Å²) in [6.45, 7) is 30.5. The first-order valence-corrected chi connectivity index (χ1v) is 28.2. The molecule has 12 aliphatic rings. The van der Waals surface area contributed by atoms with Crippen LogP contribution in [0.15, 0.2) is 0 Å². The Balaban J connectivity index is 0.000000169. The minimum atomic E-state index is -0.885. The molecule has 10 saturated carbocycles. The molecule has 0 amide bonds. The van der Waals surface area contributed by atoms with Crippen molar-refractivity contribution >= 4 is 43.2 Å². The molecule has 396 valence electrons. The number of aliphatic hydroxyl groups is 3. The maximum atomic E-state index is 13.9. The van der Waals surface area contributed by atoms with E-state index in [0.717, 1.165) is 77.0 Å². The summed E-state index contributed by atoms with van der Waals surface area (Å²) in [6.07, 6.45) is 19.9. The molecule has 19 atom stereocenters. The predicted molar refractivity (Wildman–Crippen MR) is 280 cm³/mol. The van der Waals surface area contributed by atoms with Crippen molar-refractivity contribution in [2.75, 3.05) is 0 Å². The van der Waals surface area contributed by atoms with Crippen LogP contribution in [-0.2, 0) is 23.9 Å². The molecule has 0 radical (unpaired) electrons. The maximum absolute atomic E-state index is 13.9. The Morgan fingerprint density at radius 2 is 0.900 bits per heavy atom. The van der Waals surface area contributed by atoms with E-state index in [9.17, 15) is 29.7 Å². The molecule has 0 aromatic heterocycles. The Labute approximate surface area is 443 Å². The first-order valence-electron chi connectivity index (χ1n) is 28.2. The third kappa shape index (κ3) is 6.47. The van der Waals surface area contributed by atoms with Crippen molar-refractivity contribution in [1.29, 1.82) is 0 Å². The topological polar surface area (TPSA) is 130 Å². The second-order valence-electron chi connectivity index (χ2n) is 30.9. The first-order chi connectivity index (χ1) is 31.2. The van der Waals surface area contributed by atoms with E-state index in [1.165, 1.54) is 44.9 Å². The SMILES string of the molecule is C.CC1(C)C(=O)CC[C@]23C[C@]24CC[C@]2(C)C([C@]5(C)CC[C@H](C(C)(C)O)O5)C(=O)C[C@@]2(C)C4CCC13.CC1(C)C(=O)CC[C@]23C[C@]24CC[C@]2(C)C([C@]5(C)CC[C@H](C(C)(C)O)O5)[C@@H](O)C[C@@]2(C)C4CCC13.[InH3]. The Morgan fingerprint density at radius 1 is 0.500 bits per heavy atom. The van der Waals surface area contributed by atoms with Crippen molar-refractivity contribution in [2.24, 2.45) is 89.7 Å². The van der Waals surface area contributed by atoms with Crippen LogP contribution in [0.4, 0.5) is 0 Å². The van der Waals surface area contributed by atoms with Crippen molar-refractivity contribution in [3.05, 3.63) is 0 Å². The van der Waals surface area contributed by atoms with Gasteiger partial charge in [-0.25, -0.2) is 0 Å². The summed E-state index contributed by atoms with van der Waals surface area (Å²) in [4.78, 5) is 39.7. The Kier molecular flexibility index (Phi) is 12.2. The van der Waals surface area contributed by atoms with Gasteiger partial charge in [0.25, 0.3) is 0 Å². The van der Waals surface area contributed by atoms with Gasteiger partial charge in [-0.15, -0.1) is 0 Å². The average molecular weight is 1080 g/mol. The number of carbonyl (C=O) groups excluding carboxylic acids is 3. The van der Waals surface area contributed by atoms with E-state index in [1.807, 2.05) is 27.7 Å². The van der Waals surface area contributed by atoms with Crippen LogP contribution in [0.25, 0.3) is 0 Å². The average Bonchev–Trinajstić information content (AvgIpc) is 3.82. The van der Waals surface area contributed by atoms with Crippen molar-refractivity contribution in [1.82, 2.24) is 0 Å². The fourth-order valence-electron chi connectivity index (χ4n) is 23.5. The van der Waals surface area contributed by atoms with Crippen LogP contribution >= 0.6 is 0 Å². The van der Waals surface area contributed by atoms with Crippen molar-refractivity contribution in [3.63, 3.8) is 0 Å². The van der Waals surface area contributed by atoms with Gasteiger partial charge in [-0.05, 0) is 218 Å². The third-order valence-electron chi connectivity index (χ3n) is 26.9. The van der Waals surface area contributed by atoms with Crippen LogP contribution < -0.4 is 0 Å². The number of ether oxygens (including phenoxy) is 2. The summed E-state index contributed by atoms with van der Waals surface area (Å²) in [7, 11) is 0. The van der Waals surface area contributed by atoms with Crippen LogP contribution in [-0.4, -0.2) is 99.2 Å². The van der Waals surface area contributed by atoms with E-state index >= 15 is 0 Å².